The van der Waals surface area contributed by atoms with Gasteiger partial charge in [-0.25, -0.2) is 14.4 Å². The van der Waals surface area contributed by atoms with Gasteiger partial charge in [-0.05, 0) is 63.6 Å². The number of thioether (sulfide) groups is 1. The Labute approximate surface area is 178 Å². The number of hydrogen-bond donors (Lipinski definition) is 2. The van der Waals surface area contributed by atoms with E-state index >= 15 is 0 Å². The zero-order valence-electron chi connectivity index (χ0n) is 17.0. The summed E-state index contributed by atoms with van der Waals surface area (Å²) in [5.41, 5.74) is 9.54. The van der Waals surface area contributed by atoms with Crippen molar-refractivity contribution < 1.29 is 9.18 Å². The van der Waals surface area contributed by atoms with Crippen molar-refractivity contribution >= 4 is 39.6 Å². The maximum Gasteiger partial charge on any atom is 0.255 e. The lowest BCUT2D eigenvalue weighted by atomic mass is 9.89. The van der Waals surface area contributed by atoms with Crippen LogP contribution in [0.25, 0.3) is 11.0 Å². The van der Waals surface area contributed by atoms with Gasteiger partial charge in [-0.1, -0.05) is 11.8 Å². The van der Waals surface area contributed by atoms with Crippen LogP contribution in [0.4, 0.5) is 10.1 Å². The minimum Gasteiger partial charge on any atom is -0.379 e. The second-order valence-corrected chi connectivity index (χ2v) is 8.68. The van der Waals surface area contributed by atoms with Crippen LogP contribution in [-0.4, -0.2) is 26.8 Å². The Morgan fingerprint density at radius 3 is 2.60 bits per heavy atom. The molecule has 1 unspecified atom stereocenters. The SMILES string of the molecule is Cc1nc2ccc(C(=O)Nc3ccc(F)c(C4(C)CCSC(N)=N4)c3)cc2nc1C. The summed E-state index contributed by atoms with van der Waals surface area (Å²) < 4.78 is 14.6. The fraction of sp³-hybridized carbons (Fsp3) is 0.273. The van der Waals surface area contributed by atoms with Gasteiger partial charge in [-0.2, -0.15) is 0 Å². The largest absolute Gasteiger partial charge is 0.379 e. The smallest absolute Gasteiger partial charge is 0.255 e. The summed E-state index contributed by atoms with van der Waals surface area (Å²) in [6, 6.07) is 9.71. The van der Waals surface area contributed by atoms with Crippen molar-refractivity contribution in [1.29, 1.82) is 0 Å². The Balaban J connectivity index is 1.63. The normalized spacial score (nSPS) is 18.9. The van der Waals surface area contributed by atoms with Crippen molar-refractivity contribution in [2.75, 3.05) is 11.1 Å². The Morgan fingerprint density at radius 2 is 1.87 bits per heavy atom. The number of halogens is 1. The van der Waals surface area contributed by atoms with E-state index in [1.807, 2.05) is 20.8 Å². The van der Waals surface area contributed by atoms with Crippen LogP contribution in [0.15, 0.2) is 41.4 Å². The zero-order valence-corrected chi connectivity index (χ0v) is 17.8. The van der Waals surface area contributed by atoms with E-state index in [9.17, 15) is 9.18 Å². The number of rotatable bonds is 3. The van der Waals surface area contributed by atoms with E-state index in [1.165, 1.54) is 17.8 Å². The Hall–Kier alpha value is -3.00. The molecule has 154 valence electrons. The number of hydrogen-bond acceptors (Lipinski definition) is 6. The van der Waals surface area contributed by atoms with E-state index < -0.39 is 5.54 Å². The van der Waals surface area contributed by atoms with Gasteiger partial charge in [-0.3, -0.25) is 9.79 Å². The number of anilines is 1. The molecular formula is C22H22FN5OS. The number of nitrogens with zero attached hydrogens (tertiary/aromatic N) is 3. The van der Waals surface area contributed by atoms with Crippen molar-refractivity contribution in [1.82, 2.24) is 9.97 Å². The van der Waals surface area contributed by atoms with Crippen LogP contribution in [0.5, 0.6) is 0 Å². The van der Waals surface area contributed by atoms with E-state index in [1.54, 1.807) is 30.3 Å². The third kappa shape index (κ3) is 3.87. The first-order chi connectivity index (χ1) is 14.2. The Kier molecular flexibility index (Phi) is 5.19. The van der Waals surface area contributed by atoms with Gasteiger partial charge in [0.15, 0.2) is 5.17 Å². The maximum absolute atomic E-state index is 14.6. The quantitative estimate of drug-likeness (QED) is 0.655. The Bertz CT molecular complexity index is 1200. The van der Waals surface area contributed by atoms with Gasteiger partial charge >= 0.3 is 0 Å². The molecule has 30 heavy (non-hydrogen) atoms. The first kappa shape index (κ1) is 20.3. The van der Waals surface area contributed by atoms with Gasteiger partial charge in [0.25, 0.3) is 5.91 Å². The van der Waals surface area contributed by atoms with E-state index in [0.717, 1.165) is 22.7 Å². The lowest BCUT2D eigenvalue weighted by Gasteiger charge is -2.30. The molecule has 0 saturated carbocycles. The highest BCUT2D eigenvalue weighted by atomic mass is 32.2. The highest BCUT2D eigenvalue weighted by Crippen LogP contribution is 2.37. The molecule has 6 nitrogen and oxygen atoms in total. The predicted octanol–water partition coefficient (Wildman–Crippen LogP) is 4.30. The molecule has 1 atom stereocenters. The van der Waals surface area contributed by atoms with Gasteiger partial charge < -0.3 is 11.1 Å². The monoisotopic (exact) mass is 423 g/mol. The molecule has 1 aliphatic heterocycles. The fourth-order valence-corrected chi connectivity index (χ4v) is 4.45. The van der Waals surface area contributed by atoms with Gasteiger partial charge in [0.05, 0.1) is 28.0 Å². The molecular weight excluding hydrogens is 401 g/mol. The molecule has 3 N–H and O–H groups in total. The third-order valence-corrected chi connectivity index (χ3v) is 6.13. The Morgan fingerprint density at radius 1 is 1.13 bits per heavy atom. The minimum atomic E-state index is -0.756. The molecule has 0 aliphatic carbocycles. The van der Waals surface area contributed by atoms with Crippen LogP contribution in [-0.2, 0) is 5.54 Å². The number of fused-ring (bicyclic) bond motifs is 1. The minimum absolute atomic E-state index is 0.304. The summed E-state index contributed by atoms with van der Waals surface area (Å²) in [7, 11) is 0. The molecule has 4 rings (SSSR count). The first-order valence-electron chi connectivity index (χ1n) is 9.60. The van der Waals surface area contributed by atoms with Crippen LogP contribution >= 0.6 is 11.8 Å². The number of carbonyl (C=O) groups excluding carboxylic acids is 1. The van der Waals surface area contributed by atoms with Crippen LogP contribution in [0.2, 0.25) is 0 Å². The number of amides is 1. The number of nitrogens with two attached hydrogens (primary N) is 1. The summed E-state index contributed by atoms with van der Waals surface area (Å²) in [4.78, 5) is 26.3. The number of nitrogens with one attached hydrogen (secondary N) is 1. The van der Waals surface area contributed by atoms with Crippen LogP contribution in [0, 0.1) is 19.7 Å². The van der Waals surface area contributed by atoms with Gasteiger partial charge in [0, 0.05) is 22.6 Å². The molecule has 2 aromatic carbocycles. The number of aliphatic imine (C=N–C) groups is 1. The highest BCUT2D eigenvalue weighted by Gasteiger charge is 2.32. The second-order valence-electron chi connectivity index (χ2n) is 7.57. The summed E-state index contributed by atoms with van der Waals surface area (Å²) in [5.74, 6) is 0.0893. The molecule has 1 amide bonds. The summed E-state index contributed by atoms with van der Waals surface area (Å²) in [6.45, 7) is 5.64. The van der Waals surface area contributed by atoms with E-state index in [4.69, 9.17) is 5.73 Å². The van der Waals surface area contributed by atoms with Gasteiger partial charge in [0.2, 0.25) is 0 Å². The molecule has 0 spiro atoms. The lowest BCUT2D eigenvalue weighted by molar-refractivity contribution is 0.102. The third-order valence-electron chi connectivity index (χ3n) is 5.34. The van der Waals surface area contributed by atoms with Crippen LogP contribution < -0.4 is 11.1 Å². The van der Waals surface area contributed by atoms with Crippen molar-refractivity contribution in [2.45, 2.75) is 32.7 Å². The lowest BCUT2D eigenvalue weighted by Crippen LogP contribution is -2.29. The molecule has 0 saturated heterocycles. The molecule has 0 radical (unpaired) electrons. The van der Waals surface area contributed by atoms with E-state index in [-0.39, 0.29) is 11.7 Å². The summed E-state index contributed by atoms with van der Waals surface area (Å²) in [5, 5.41) is 3.29. The average Bonchev–Trinajstić information content (AvgIpc) is 2.69. The average molecular weight is 424 g/mol. The molecule has 1 aliphatic rings. The molecule has 8 heteroatoms. The number of aromatic nitrogens is 2. The van der Waals surface area contributed by atoms with E-state index in [0.29, 0.717) is 33.9 Å². The summed E-state index contributed by atoms with van der Waals surface area (Å²) in [6.07, 6.45) is 0.662. The zero-order chi connectivity index (χ0) is 21.5. The summed E-state index contributed by atoms with van der Waals surface area (Å²) >= 11 is 1.46. The fourth-order valence-electron chi connectivity index (χ4n) is 3.47. The first-order valence-corrected chi connectivity index (χ1v) is 10.6. The van der Waals surface area contributed by atoms with Crippen LogP contribution in [0.3, 0.4) is 0 Å². The van der Waals surface area contributed by atoms with Crippen molar-refractivity contribution in [3.8, 4) is 0 Å². The van der Waals surface area contributed by atoms with Crippen LogP contribution in [0.1, 0.15) is 40.7 Å². The van der Waals surface area contributed by atoms with Gasteiger partial charge in [-0.15, -0.1) is 0 Å². The van der Waals surface area contributed by atoms with Gasteiger partial charge in [0.1, 0.15) is 5.82 Å². The molecule has 1 aromatic heterocycles. The van der Waals surface area contributed by atoms with Crippen molar-refractivity contribution in [3.05, 3.63) is 64.7 Å². The number of aryl methyl sites for hydroxylation is 2. The molecule has 3 aromatic rings. The van der Waals surface area contributed by atoms with Crippen molar-refractivity contribution in [2.24, 2.45) is 10.7 Å². The molecule has 0 fully saturated rings. The molecule has 0 bridgehead atoms. The standard InChI is InChI=1S/C22H22FN5OS/c1-12-13(2)26-19-10-14(4-7-18(19)25-12)20(29)27-15-5-6-17(23)16(11-15)22(3)8-9-30-21(24)28-22/h4-7,10-11H,8-9H2,1-3H3,(H2,24,28)(H,27,29). The number of benzene rings is 2. The predicted molar refractivity (Wildman–Crippen MR) is 119 cm³/mol. The molecule has 2 heterocycles. The topological polar surface area (TPSA) is 93.3 Å². The van der Waals surface area contributed by atoms with E-state index in [2.05, 4.69) is 20.3 Å². The highest BCUT2D eigenvalue weighted by molar-refractivity contribution is 8.13. The second kappa shape index (κ2) is 7.68. The van der Waals surface area contributed by atoms with Crippen molar-refractivity contribution in [3.63, 3.8) is 0 Å². The number of carbonyl (C=O) groups is 1. The number of amidine groups is 1. The maximum atomic E-state index is 14.6.